The van der Waals surface area contributed by atoms with Crippen LogP contribution in [-0.2, 0) is 13.0 Å². The van der Waals surface area contributed by atoms with Crippen LogP contribution >= 0.6 is 0 Å². The summed E-state index contributed by atoms with van der Waals surface area (Å²) < 4.78 is 39.6. The Labute approximate surface area is 196 Å². The predicted octanol–water partition coefficient (Wildman–Crippen LogP) is 1.91. The minimum absolute atomic E-state index is 0. The van der Waals surface area contributed by atoms with E-state index in [2.05, 4.69) is 22.9 Å². The topological polar surface area (TPSA) is 40.8 Å². The molecule has 5 nitrogen and oxygen atoms in total. The molecule has 4 aromatic rings. The third-order valence-corrected chi connectivity index (χ3v) is 6.28. The lowest BCUT2D eigenvalue weighted by Crippen LogP contribution is -3.00. The van der Waals surface area contributed by atoms with Gasteiger partial charge in [-0.1, -0.05) is 18.2 Å². The number of methoxy groups -OCH3 is 2. The Morgan fingerprint density at radius 2 is 1.67 bits per heavy atom. The Morgan fingerprint density at radius 1 is 0.879 bits per heavy atom. The fourth-order valence-corrected chi connectivity index (χ4v) is 4.76. The van der Waals surface area contributed by atoms with Crippen LogP contribution in [0.1, 0.15) is 5.56 Å². The van der Waals surface area contributed by atoms with Crippen molar-refractivity contribution < 1.29 is 40.3 Å². The first kappa shape index (κ1) is 21.3. The second-order valence-electron chi connectivity index (χ2n) is 7.93. The third-order valence-electron chi connectivity index (χ3n) is 6.28. The van der Waals surface area contributed by atoms with Crippen LogP contribution in [-0.4, -0.2) is 21.0 Å². The molecule has 0 radical (unpaired) electrons. The fourth-order valence-electron chi connectivity index (χ4n) is 4.76. The highest BCUT2D eigenvalue weighted by molar-refractivity contribution is 6.02. The zero-order chi connectivity index (χ0) is 21.8. The first-order chi connectivity index (χ1) is 15.7. The van der Waals surface area contributed by atoms with E-state index in [0.29, 0.717) is 17.1 Å². The molecule has 0 spiro atoms. The van der Waals surface area contributed by atoms with Crippen LogP contribution < -0.4 is 35.9 Å². The van der Waals surface area contributed by atoms with E-state index in [-0.39, 0.29) is 25.0 Å². The summed E-state index contributed by atoms with van der Waals surface area (Å²) in [5.74, 6) is 2.46. The van der Waals surface area contributed by atoms with Gasteiger partial charge in [0.05, 0.1) is 25.2 Å². The van der Waals surface area contributed by atoms with Crippen molar-refractivity contribution in [1.29, 1.82) is 0 Å². The van der Waals surface area contributed by atoms with Crippen molar-refractivity contribution >= 4 is 10.8 Å². The molecule has 0 N–H and O–H groups in total. The molecule has 0 saturated heterocycles. The normalized spacial score (nSPS) is 13.2. The number of aromatic nitrogens is 1. The van der Waals surface area contributed by atoms with Gasteiger partial charge >= 0.3 is 0 Å². The van der Waals surface area contributed by atoms with Gasteiger partial charge in [-0.15, -0.1) is 0 Å². The van der Waals surface area contributed by atoms with Gasteiger partial charge in [-0.3, -0.25) is 0 Å². The lowest BCUT2D eigenvalue weighted by atomic mass is 9.92. The van der Waals surface area contributed by atoms with Crippen molar-refractivity contribution in [1.82, 2.24) is 0 Å². The van der Waals surface area contributed by atoms with Gasteiger partial charge in [0.1, 0.15) is 5.82 Å². The van der Waals surface area contributed by atoms with Crippen LogP contribution in [0.3, 0.4) is 0 Å². The number of fused-ring (bicyclic) bond motifs is 5. The standard InChI is InChI=1S/C26H21FNO4.ClH/c1-29-25-12-19(16-5-3-4-6-21(16)27)18-10-22-17-11-24-23(31-14-32-24)9-15(17)7-8-28(22)13-20(18)26(25)30-2;/h3-6,9-13H,7-8,14H2,1-2H3;1H/q+1;/p-1. The number of ether oxygens (including phenoxy) is 4. The van der Waals surface area contributed by atoms with Gasteiger partial charge in [0.15, 0.2) is 35.7 Å². The van der Waals surface area contributed by atoms with Crippen LogP contribution in [0.4, 0.5) is 4.39 Å². The molecule has 2 aliphatic rings. The average molecular weight is 466 g/mol. The first-order valence-corrected chi connectivity index (χ1v) is 10.5. The van der Waals surface area contributed by atoms with Crippen LogP contribution in [0.5, 0.6) is 23.0 Å². The number of nitrogens with zero attached hydrogens (tertiary/aromatic N) is 1. The maximum absolute atomic E-state index is 14.8. The highest BCUT2D eigenvalue weighted by atomic mass is 35.5. The van der Waals surface area contributed by atoms with Gasteiger partial charge in [0, 0.05) is 23.4 Å². The molecule has 0 unspecified atom stereocenters. The number of rotatable bonds is 3. The lowest BCUT2D eigenvalue weighted by molar-refractivity contribution is -0.686. The van der Waals surface area contributed by atoms with Gasteiger partial charge in [-0.2, -0.15) is 4.57 Å². The van der Waals surface area contributed by atoms with E-state index in [0.717, 1.165) is 52.1 Å². The first-order valence-electron chi connectivity index (χ1n) is 10.5. The van der Waals surface area contributed by atoms with Crippen molar-refractivity contribution in [2.45, 2.75) is 13.0 Å². The monoisotopic (exact) mass is 465 g/mol. The summed E-state index contributed by atoms with van der Waals surface area (Å²) in [6.07, 6.45) is 2.95. The molecule has 2 aliphatic heterocycles. The van der Waals surface area contributed by atoms with Crippen LogP contribution in [0.2, 0.25) is 0 Å². The van der Waals surface area contributed by atoms with Gasteiger partial charge in [0.25, 0.3) is 0 Å². The molecule has 0 amide bonds. The highest BCUT2D eigenvalue weighted by Crippen LogP contribution is 2.45. The summed E-state index contributed by atoms with van der Waals surface area (Å²) in [6.45, 7) is 1.05. The Hall–Kier alpha value is -3.51. The molecule has 0 fully saturated rings. The second kappa shape index (κ2) is 8.12. The van der Waals surface area contributed by atoms with Crippen LogP contribution in [0.25, 0.3) is 33.2 Å². The van der Waals surface area contributed by atoms with E-state index in [9.17, 15) is 4.39 Å². The Kier molecular flexibility index (Phi) is 5.25. The van der Waals surface area contributed by atoms with E-state index in [4.69, 9.17) is 18.9 Å². The van der Waals surface area contributed by atoms with Crippen LogP contribution in [0.15, 0.2) is 54.7 Å². The molecule has 0 bridgehead atoms. The van der Waals surface area contributed by atoms with Crippen LogP contribution in [0, 0.1) is 5.82 Å². The van der Waals surface area contributed by atoms with Crippen molar-refractivity contribution in [2.75, 3.05) is 21.0 Å². The summed E-state index contributed by atoms with van der Waals surface area (Å²) in [5, 5.41) is 1.77. The maximum Gasteiger partial charge on any atom is 0.231 e. The molecule has 7 heteroatoms. The number of hydrogen-bond donors (Lipinski definition) is 0. The van der Waals surface area contributed by atoms with Gasteiger partial charge < -0.3 is 31.4 Å². The molecule has 1 aromatic heterocycles. The summed E-state index contributed by atoms with van der Waals surface area (Å²) in [5.41, 5.74) is 4.62. The third kappa shape index (κ3) is 3.25. The SMILES string of the molecule is COc1cc(-c2ccccc2F)c2cc3[n+](cc2c1OC)CCc1cc2c(cc1-3)OCO2.[Cl-]. The molecular formula is C26H21ClFNO4. The number of aryl methyl sites for hydroxylation is 2. The number of pyridine rings is 1. The average Bonchev–Trinajstić information content (AvgIpc) is 3.28. The zero-order valence-corrected chi connectivity index (χ0v) is 18.9. The summed E-state index contributed by atoms with van der Waals surface area (Å²) in [4.78, 5) is 0. The molecule has 3 heterocycles. The molecule has 3 aromatic carbocycles. The molecule has 0 saturated carbocycles. The molecule has 0 aliphatic carbocycles. The molecule has 6 rings (SSSR count). The minimum atomic E-state index is -0.282. The summed E-state index contributed by atoms with van der Waals surface area (Å²) in [7, 11) is 3.22. The van der Waals surface area contributed by atoms with E-state index < -0.39 is 0 Å². The Morgan fingerprint density at radius 3 is 2.42 bits per heavy atom. The van der Waals surface area contributed by atoms with E-state index >= 15 is 0 Å². The molecule has 168 valence electrons. The van der Waals surface area contributed by atoms with Crippen molar-refractivity contribution in [3.63, 3.8) is 0 Å². The number of halogens is 2. The highest BCUT2D eigenvalue weighted by Gasteiger charge is 2.29. The molecule has 0 atom stereocenters. The largest absolute Gasteiger partial charge is 1.00 e. The maximum atomic E-state index is 14.8. The zero-order valence-electron chi connectivity index (χ0n) is 18.2. The summed E-state index contributed by atoms with van der Waals surface area (Å²) >= 11 is 0. The van der Waals surface area contributed by atoms with E-state index in [1.807, 2.05) is 18.2 Å². The number of benzene rings is 3. The second-order valence-corrected chi connectivity index (χ2v) is 7.93. The molecule has 33 heavy (non-hydrogen) atoms. The Balaban J connectivity index is 0.00000228. The fraction of sp³-hybridized carbons (Fsp3) is 0.192. The predicted molar refractivity (Wildman–Crippen MR) is 118 cm³/mol. The van der Waals surface area contributed by atoms with Crippen molar-refractivity contribution in [2.24, 2.45) is 0 Å². The van der Waals surface area contributed by atoms with Gasteiger partial charge in [-0.25, -0.2) is 4.39 Å². The van der Waals surface area contributed by atoms with E-state index in [1.54, 1.807) is 26.4 Å². The van der Waals surface area contributed by atoms with E-state index in [1.165, 1.54) is 11.6 Å². The van der Waals surface area contributed by atoms with Crippen molar-refractivity contribution in [3.05, 3.63) is 66.1 Å². The van der Waals surface area contributed by atoms with Gasteiger partial charge in [-0.05, 0) is 35.4 Å². The van der Waals surface area contributed by atoms with Gasteiger partial charge in [0.2, 0.25) is 12.5 Å². The number of hydrogen-bond acceptors (Lipinski definition) is 4. The van der Waals surface area contributed by atoms with Crippen molar-refractivity contribution in [3.8, 4) is 45.4 Å². The summed E-state index contributed by atoms with van der Waals surface area (Å²) in [6, 6.07) is 14.9. The lowest BCUT2D eigenvalue weighted by Gasteiger charge is -2.19. The quantitative estimate of drug-likeness (QED) is 0.433. The Bertz CT molecular complexity index is 1410. The minimum Gasteiger partial charge on any atom is -1.00 e. The molecular weight excluding hydrogens is 445 g/mol. The smallest absolute Gasteiger partial charge is 0.231 e.